The van der Waals surface area contributed by atoms with E-state index in [1.54, 1.807) is 7.11 Å². The number of rotatable bonds is 2. The van der Waals surface area contributed by atoms with Crippen LogP contribution in [-0.2, 0) is 23.7 Å². The second kappa shape index (κ2) is 3.79. The molecule has 0 saturated carbocycles. The summed E-state index contributed by atoms with van der Waals surface area (Å²) in [6.07, 6.45) is -2.15. The van der Waals surface area contributed by atoms with Crippen LogP contribution in [0.2, 0.25) is 0 Å². The monoisotopic (exact) mass is 302 g/mol. The Bertz CT molecular complexity index is 486. The van der Waals surface area contributed by atoms with Gasteiger partial charge in [0.15, 0.2) is 11.9 Å². The molecule has 8 atom stereocenters. The van der Waals surface area contributed by atoms with Gasteiger partial charge in [0.1, 0.15) is 17.3 Å². The summed E-state index contributed by atoms with van der Waals surface area (Å²) >= 11 is 0. The first kappa shape index (κ1) is 14.3. The van der Waals surface area contributed by atoms with Gasteiger partial charge in [0, 0.05) is 27.1 Å². The van der Waals surface area contributed by atoms with Gasteiger partial charge in [0.2, 0.25) is 5.79 Å². The molecular weight excluding hydrogens is 280 g/mol. The lowest BCUT2D eigenvalue weighted by atomic mass is 9.66. The molecule has 5 saturated heterocycles. The third-order valence-corrected chi connectivity index (χ3v) is 6.14. The summed E-state index contributed by atoms with van der Waals surface area (Å²) in [6, 6.07) is 0. The summed E-state index contributed by atoms with van der Waals surface area (Å²) < 4.78 is 29.4. The predicted molar refractivity (Wildman–Crippen MR) is 68.4 cm³/mol. The summed E-state index contributed by atoms with van der Waals surface area (Å²) in [5.74, 6) is -1.11. The fraction of sp³-hybridized carbons (Fsp3) is 1.00. The second-order valence-corrected chi connectivity index (χ2v) is 6.70. The van der Waals surface area contributed by atoms with Gasteiger partial charge < -0.3 is 33.9 Å². The Kier molecular flexibility index (Phi) is 2.58. The fourth-order valence-electron chi connectivity index (χ4n) is 5.31. The van der Waals surface area contributed by atoms with Crippen molar-refractivity contribution in [3.05, 3.63) is 0 Å². The quantitative estimate of drug-likeness (QED) is 0.713. The highest BCUT2D eigenvalue weighted by atomic mass is 16.8. The van der Waals surface area contributed by atoms with Crippen molar-refractivity contribution in [3.8, 4) is 0 Å². The number of ether oxygens (including phenoxy) is 5. The smallest absolute Gasteiger partial charge is 0.200 e. The molecule has 0 aromatic rings. The lowest BCUT2D eigenvalue weighted by molar-refractivity contribution is -0.388. The van der Waals surface area contributed by atoms with Crippen LogP contribution in [0.4, 0.5) is 0 Å². The van der Waals surface area contributed by atoms with E-state index in [-0.39, 0.29) is 12.5 Å². The van der Waals surface area contributed by atoms with E-state index in [1.807, 2.05) is 13.8 Å². The average Bonchev–Trinajstić information content (AvgIpc) is 2.68. The van der Waals surface area contributed by atoms with Crippen LogP contribution in [0.25, 0.3) is 0 Å². The van der Waals surface area contributed by atoms with Gasteiger partial charge in [-0.25, -0.2) is 0 Å². The maximum Gasteiger partial charge on any atom is 0.200 e. The highest BCUT2D eigenvalue weighted by Crippen LogP contribution is 2.70. The van der Waals surface area contributed by atoms with Crippen molar-refractivity contribution >= 4 is 0 Å². The normalized spacial score (nSPS) is 64.9. The van der Waals surface area contributed by atoms with E-state index in [4.69, 9.17) is 23.7 Å². The number of aliphatic hydroxyl groups is 2. The van der Waals surface area contributed by atoms with E-state index in [2.05, 4.69) is 0 Å². The Morgan fingerprint density at radius 1 is 1.14 bits per heavy atom. The molecule has 4 bridgehead atoms. The van der Waals surface area contributed by atoms with Gasteiger partial charge in [-0.3, -0.25) is 0 Å². The van der Waals surface area contributed by atoms with Crippen molar-refractivity contribution in [2.45, 2.75) is 73.9 Å². The zero-order valence-corrected chi connectivity index (χ0v) is 12.7. The molecule has 5 aliphatic rings. The van der Waals surface area contributed by atoms with Gasteiger partial charge in [-0.15, -0.1) is 0 Å². The van der Waals surface area contributed by atoms with Crippen LogP contribution in [0.15, 0.2) is 0 Å². The summed E-state index contributed by atoms with van der Waals surface area (Å²) in [5.41, 5.74) is -2.90. The Labute approximate surface area is 123 Å². The Balaban J connectivity index is 1.94. The average molecular weight is 302 g/mol. The molecule has 5 aliphatic heterocycles. The molecule has 0 aromatic carbocycles. The minimum atomic E-state index is -1.11. The number of hydrogen-bond donors (Lipinski definition) is 2. The summed E-state index contributed by atoms with van der Waals surface area (Å²) in [7, 11) is 3.11. The van der Waals surface area contributed by atoms with E-state index in [9.17, 15) is 10.2 Å². The van der Waals surface area contributed by atoms with Crippen LogP contribution < -0.4 is 0 Å². The zero-order valence-electron chi connectivity index (χ0n) is 12.7. The van der Waals surface area contributed by atoms with Gasteiger partial charge >= 0.3 is 0 Å². The standard InChI is InChI=1S/C14H22O7/c1-7-14-11(2)10(16)13(18-4,21-14)5-8(20-11)12(14,17-3)6-9(15)19-7/h7-10,15-16H,5-6H2,1-4H3/t7-,8-,9+,10+,11+,12+,13-,14-/m0/s1. The first-order chi connectivity index (χ1) is 9.82. The predicted octanol–water partition coefficient (Wildman–Crippen LogP) is -0.467. The lowest BCUT2D eigenvalue weighted by Crippen LogP contribution is -2.74. The van der Waals surface area contributed by atoms with Crippen molar-refractivity contribution in [1.82, 2.24) is 0 Å². The van der Waals surface area contributed by atoms with Crippen molar-refractivity contribution in [1.29, 1.82) is 0 Å². The van der Waals surface area contributed by atoms with Crippen LogP contribution in [0, 0.1) is 0 Å². The molecule has 2 N–H and O–H groups in total. The van der Waals surface area contributed by atoms with Gasteiger partial charge in [-0.1, -0.05) is 0 Å². The van der Waals surface area contributed by atoms with Crippen LogP contribution in [0.1, 0.15) is 26.7 Å². The molecule has 7 nitrogen and oxygen atoms in total. The maximum absolute atomic E-state index is 10.8. The molecular formula is C14H22O7. The molecule has 7 heteroatoms. The minimum absolute atomic E-state index is 0.237. The molecule has 0 aromatic heterocycles. The molecule has 21 heavy (non-hydrogen) atoms. The molecule has 0 aliphatic carbocycles. The third-order valence-electron chi connectivity index (χ3n) is 6.14. The van der Waals surface area contributed by atoms with Gasteiger partial charge in [-0.05, 0) is 13.8 Å². The highest BCUT2D eigenvalue weighted by Gasteiger charge is 2.90. The summed E-state index contributed by atoms with van der Waals surface area (Å²) in [6.45, 7) is 3.62. The largest absolute Gasteiger partial charge is 0.384 e. The van der Waals surface area contributed by atoms with Crippen LogP contribution in [0.3, 0.4) is 0 Å². The molecule has 1 spiro atoms. The van der Waals surface area contributed by atoms with E-state index in [0.717, 1.165) is 0 Å². The van der Waals surface area contributed by atoms with E-state index < -0.39 is 41.1 Å². The minimum Gasteiger partial charge on any atom is -0.384 e. The van der Waals surface area contributed by atoms with Crippen molar-refractivity contribution < 1.29 is 33.9 Å². The molecule has 5 rings (SSSR count). The topological polar surface area (TPSA) is 86.6 Å². The van der Waals surface area contributed by atoms with E-state index >= 15 is 0 Å². The van der Waals surface area contributed by atoms with Crippen LogP contribution in [-0.4, -0.2) is 71.6 Å². The molecule has 120 valence electrons. The number of hydrogen-bond acceptors (Lipinski definition) is 7. The van der Waals surface area contributed by atoms with Gasteiger partial charge in [0.25, 0.3) is 0 Å². The molecule has 0 amide bonds. The molecule has 0 radical (unpaired) electrons. The van der Waals surface area contributed by atoms with Gasteiger partial charge in [-0.2, -0.15) is 0 Å². The molecule has 5 heterocycles. The summed E-state index contributed by atoms with van der Waals surface area (Å²) in [5, 5.41) is 20.8. The Morgan fingerprint density at radius 2 is 1.86 bits per heavy atom. The summed E-state index contributed by atoms with van der Waals surface area (Å²) in [4.78, 5) is 0. The van der Waals surface area contributed by atoms with Crippen molar-refractivity contribution in [2.75, 3.05) is 14.2 Å². The van der Waals surface area contributed by atoms with Crippen molar-refractivity contribution in [3.63, 3.8) is 0 Å². The molecule has 5 fully saturated rings. The fourth-order valence-corrected chi connectivity index (χ4v) is 5.31. The Hall–Kier alpha value is -0.280. The SMILES string of the molecule is CO[C@]12C[C@@H]3O[C@](C)([C@H]1O)[C@@]1(O2)[C@H](C)O[C@@H](O)C[C@@]31OC. The lowest BCUT2D eigenvalue weighted by Gasteiger charge is -2.56. The zero-order chi connectivity index (χ0) is 15.3. The van der Waals surface area contributed by atoms with Crippen LogP contribution in [0.5, 0.6) is 0 Å². The second-order valence-electron chi connectivity index (χ2n) is 6.70. The van der Waals surface area contributed by atoms with E-state index in [1.165, 1.54) is 7.11 Å². The first-order valence-corrected chi connectivity index (χ1v) is 7.32. The number of methoxy groups -OCH3 is 2. The van der Waals surface area contributed by atoms with E-state index in [0.29, 0.717) is 6.42 Å². The first-order valence-electron chi connectivity index (χ1n) is 7.32. The van der Waals surface area contributed by atoms with Gasteiger partial charge in [0.05, 0.1) is 12.2 Å². The Morgan fingerprint density at radius 3 is 2.48 bits per heavy atom. The highest BCUT2D eigenvalue weighted by molar-refractivity contribution is 5.36. The number of aliphatic hydroxyl groups excluding tert-OH is 2. The van der Waals surface area contributed by atoms with Crippen LogP contribution >= 0.6 is 0 Å². The van der Waals surface area contributed by atoms with Crippen molar-refractivity contribution in [2.24, 2.45) is 0 Å². The third kappa shape index (κ3) is 1.17. The molecule has 0 unspecified atom stereocenters. The maximum atomic E-state index is 10.8.